The molecule has 1 unspecified atom stereocenters. The first-order valence-electron chi connectivity index (χ1n) is 9.80. The zero-order chi connectivity index (χ0) is 20.4. The summed E-state index contributed by atoms with van der Waals surface area (Å²) in [6.07, 6.45) is 4.96. The Kier molecular flexibility index (Phi) is 5.12. The fraction of sp³-hybridized carbons (Fsp3) is 0.208. The first-order chi connectivity index (χ1) is 14.1. The van der Waals surface area contributed by atoms with Crippen LogP contribution in [0.3, 0.4) is 0 Å². The van der Waals surface area contributed by atoms with Crippen molar-refractivity contribution in [3.05, 3.63) is 83.7 Å². The van der Waals surface area contributed by atoms with Gasteiger partial charge in [-0.15, -0.1) is 0 Å². The number of Topliss-reactive ketones (excluding diaryl/α,β-unsaturated/α-hetero) is 1. The monoisotopic (exact) mass is 386 g/mol. The van der Waals surface area contributed by atoms with Crippen molar-refractivity contribution >= 4 is 28.2 Å². The number of amides is 1. The maximum absolute atomic E-state index is 13.0. The third-order valence-electron chi connectivity index (χ3n) is 5.34. The normalized spacial score (nSPS) is 18.5. The summed E-state index contributed by atoms with van der Waals surface area (Å²) in [5, 5.41) is 13.0. The number of carbonyl (C=O) groups is 2. The Hall–Kier alpha value is -3.47. The minimum Gasteiger partial charge on any atom is -0.507 e. The lowest BCUT2D eigenvalue weighted by atomic mass is 9.94. The summed E-state index contributed by atoms with van der Waals surface area (Å²) in [5.74, 6) is -1.37. The van der Waals surface area contributed by atoms with E-state index < -0.39 is 17.7 Å². The number of benzene rings is 2. The highest BCUT2D eigenvalue weighted by Crippen LogP contribution is 2.40. The number of aliphatic hydroxyl groups is 1. The van der Waals surface area contributed by atoms with Gasteiger partial charge in [0.05, 0.1) is 11.6 Å². The van der Waals surface area contributed by atoms with Gasteiger partial charge in [0.25, 0.3) is 11.7 Å². The Morgan fingerprint density at radius 2 is 1.86 bits per heavy atom. The summed E-state index contributed by atoms with van der Waals surface area (Å²) in [6.45, 7) is 2.48. The number of aromatic nitrogens is 1. The number of ketones is 1. The molecule has 1 amide bonds. The number of rotatable bonds is 5. The maximum Gasteiger partial charge on any atom is 0.295 e. The highest BCUT2D eigenvalue weighted by Gasteiger charge is 2.45. The SMILES string of the molecule is CCCCN1C(=O)C(=O)/C(=C(\O)c2cccc3ccccc23)C1c1cccnc1. The van der Waals surface area contributed by atoms with Crippen LogP contribution in [0.4, 0.5) is 0 Å². The van der Waals surface area contributed by atoms with Crippen LogP contribution in [-0.2, 0) is 9.59 Å². The summed E-state index contributed by atoms with van der Waals surface area (Å²) in [6, 6.07) is 16.2. The standard InChI is InChI=1S/C24H22N2O3/c1-2-3-14-26-21(17-10-7-13-25-15-17)20(23(28)24(26)29)22(27)19-12-6-9-16-8-4-5-11-18(16)19/h4-13,15,21,27H,2-3,14H2,1H3/b22-20-. The van der Waals surface area contributed by atoms with Crippen molar-refractivity contribution in [3.63, 3.8) is 0 Å². The quantitative estimate of drug-likeness (QED) is 0.399. The van der Waals surface area contributed by atoms with Crippen LogP contribution < -0.4 is 0 Å². The van der Waals surface area contributed by atoms with Crippen molar-refractivity contribution in [2.75, 3.05) is 6.54 Å². The topological polar surface area (TPSA) is 70.5 Å². The fourth-order valence-corrected chi connectivity index (χ4v) is 3.90. The molecule has 1 atom stereocenters. The summed E-state index contributed by atoms with van der Waals surface area (Å²) < 4.78 is 0. The molecular weight excluding hydrogens is 364 g/mol. The van der Waals surface area contributed by atoms with Crippen molar-refractivity contribution in [2.24, 2.45) is 0 Å². The second-order valence-electron chi connectivity index (χ2n) is 7.16. The molecule has 2 heterocycles. The number of likely N-dealkylation sites (tertiary alicyclic amines) is 1. The van der Waals surface area contributed by atoms with Gasteiger partial charge in [-0.3, -0.25) is 14.6 Å². The molecule has 5 heteroatoms. The van der Waals surface area contributed by atoms with Gasteiger partial charge in [0, 0.05) is 24.5 Å². The van der Waals surface area contributed by atoms with Crippen molar-refractivity contribution < 1.29 is 14.7 Å². The van der Waals surface area contributed by atoms with E-state index in [2.05, 4.69) is 4.98 Å². The van der Waals surface area contributed by atoms with Gasteiger partial charge in [-0.2, -0.15) is 0 Å². The third-order valence-corrected chi connectivity index (χ3v) is 5.34. The summed E-state index contributed by atoms with van der Waals surface area (Å²) in [5.41, 5.74) is 1.38. The molecule has 1 fully saturated rings. The zero-order valence-electron chi connectivity index (χ0n) is 16.2. The van der Waals surface area contributed by atoms with Gasteiger partial charge in [-0.05, 0) is 28.8 Å². The Morgan fingerprint density at radius 1 is 1.07 bits per heavy atom. The van der Waals surface area contributed by atoms with Gasteiger partial charge in [0.1, 0.15) is 5.76 Å². The zero-order valence-corrected chi connectivity index (χ0v) is 16.2. The highest BCUT2D eigenvalue weighted by molar-refractivity contribution is 6.46. The lowest BCUT2D eigenvalue weighted by Gasteiger charge is -2.25. The molecule has 29 heavy (non-hydrogen) atoms. The molecule has 146 valence electrons. The van der Waals surface area contributed by atoms with Crippen molar-refractivity contribution in [1.29, 1.82) is 0 Å². The number of hydrogen-bond donors (Lipinski definition) is 1. The maximum atomic E-state index is 13.0. The average Bonchev–Trinajstić information content (AvgIpc) is 3.02. The molecule has 1 saturated heterocycles. The van der Waals surface area contributed by atoms with Crippen LogP contribution in [-0.4, -0.2) is 33.2 Å². The Bertz CT molecular complexity index is 1100. The molecule has 1 aromatic heterocycles. The lowest BCUT2D eigenvalue weighted by molar-refractivity contribution is -0.139. The van der Waals surface area contributed by atoms with Crippen LogP contribution in [0, 0.1) is 0 Å². The van der Waals surface area contributed by atoms with E-state index in [4.69, 9.17) is 0 Å². The van der Waals surface area contributed by atoms with Crippen LogP contribution in [0.15, 0.2) is 72.6 Å². The predicted octanol–water partition coefficient (Wildman–Crippen LogP) is 4.46. The number of hydrogen-bond acceptors (Lipinski definition) is 4. The Labute approximate surface area is 169 Å². The number of pyridine rings is 1. The first kappa shape index (κ1) is 18.9. The van der Waals surface area contributed by atoms with Gasteiger partial charge in [0.15, 0.2) is 0 Å². The van der Waals surface area contributed by atoms with Crippen LogP contribution in [0.5, 0.6) is 0 Å². The Balaban J connectivity index is 1.93. The Morgan fingerprint density at radius 3 is 2.62 bits per heavy atom. The van der Waals surface area contributed by atoms with E-state index >= 15 is 0 Å². The molecule has 5 nitrogen and oxygen atoms in total. The van der Waals surface area contributed by atoms with E-state index in [0.29, 0.717) is 17.7 Å². The van der Waals surface area contributed by atoms with Gasteiger partial charge in [-0.25, -0.2) is 0 Å². The van der Waals surface area contributed by atoms with E-state index in [1.54, 1.807) is 29.4 Å². The first-order valence-corrected chi connectivity index (χ1v) is 9.80. The van der Waals surface area contributed by atoms with Gasteiger partial charge < -0.3 is 10.0 Å². The number of unbranched alkanes of at least 4 members (excludes halogenated alkanes) is 1. The number of aliphatic hydroxyl groups excluding tert-OH is 1. The molecule has 0 spiro atoms. The van der Waals surface area contributed by atoms with Crippen LogP contribution in [0.1, 0.15) is 36.9 Å². The lowest BCUT2D eigenvalue weighted by Crippen LogP contribution is -2.30. The van der Waals surface area contributed by atoms with Crippen LogP contribution in [0.25, 0.3) is 16.5 Å². The second-order valence-corrected chi connectivity index (χ2v) is 7.16. The molecule has 1 aliphatic rings. The second kappa shape index (κ2) is 7.87. The molecule has 0 radical (unpaired) electrons. The minimum absolute atomic E-state index is 0.121. The van der Waals surface area contributed by atoms with Gasteiger partial charge >= 0.3 is 0 Å². The molecule has 3 aromatic rings. The summed E-state index contributed by atoms with van der Waals surface area (Å²) in [7, 11) is 0. The van der Waals surface area contributed by atoms with E-state index in [1.165, 1.54) is 0 Å². The number of nitrogens with zero attached hydrogens (tertiary/aromatic N) is 2. The molecule has 0 saturated carbocycles. The predicted molar refractivity (Wildman–Crippen MR) is 112 cm³/mol. The van der Waals surface area contributed by atoms with Crippen molar-refractivity contribution in [2.45, 2.75) is 25.8 Å². The largest absolute Gasteiger partial charge is 0.507 e. The number of fused-ring (bicyclic) bond motifs is 1. The highest BCUT2D eigenvalue weighted by atomic mass is 16.3. The molecular formula is C24H22N2O3. The van der Waals surface area contributed by atoms with E-state index in [-0.39, 0.29) is 11.3 Å². The van der Waals surface area contributed by atoms with Crippen LogP contribution in [0.2, 0.25) is 0 Å². The fourth-order valence-electron chi connectivity index (χ4n) is 3.90. The molecule has 4 rings (SSSR count). The van der Waals surface area contributed by atoms with Gasteiger partial charge in [-0.1, -0.05) is 61.9 Å². The smallest absolute Gasteiger partial charge is 0.295 e. The summed E-state index contributed by atoms with van der Waals surface area (Å²) in [4.78, 5) is 31.5. The third kappa shape index (κ3) is 3.29. The van der Waals surface area contributed by atoms with Crippen molar-refractivity contribution in [1.82, 2.24) is 9.88 Å². The molecule has 2 aromatic carbocycles. The van der Waals surface area contributed by atoms with E-state index in [9.17, 15) is 14.7 Å². The van der Waals surface area contributed by atoms with Crippen LogP contribution >= 0.6 is 0 Å². The molecule has 0 aliphatic carbocycles. The van der Waals surface area contributed by atoms with Gasteiger partial charge in [0.2, 0.25) is 0 Å². The number of carbonyl (C=O) groups excluding carboxylic acids is 2. The molecule has 1 aliphatic heterocycles. The van der Waals surface area contributed by atoms with E-state index in [0.717, 1.165) is 23.6 Å². The minimum atomic E-state index is -0.652. The average molecular weight is 386 g/mol. The summed E-state index contributed by atoms with van der Waals surface area (Å²) >= 11 is 0. The molecule has 1 N–H and O–H groups in total. The van der Waals surface area contributed by atoms with E-state index in [1.807, 2.05) is 49.4 Å². The van der Waals surface area contributed by atoms with Crippen molar-refractivity contribution in [3.8, 4) is 0 Å². The molecule has 0 bridgehead atoms.